The SMILES string of the molecule is C[C@H]1[C@@H](CN2[C@@H](C(=O)NC(C)(C)C)CC[C@H]3CCCC[C@H]32)O[C@@H](c2ccc(-c3ccccc3CNC(=O)c3ccccc3)cc2)O[C@H]1c1ccc(CO)cc1. The van der Waals surface area contributed by atoms with Crippen LogP contribution in [-0.2, 0) is 27.4 Å². The van der Waals surface area contributed by atoms with Crippen molar-refractivity contribution in [3.05, 3.63) is 131 Å². The van der Waals surface area contributed by atoms with Crippen molar-refractivity contribution in [3.63, 3.8) is 0 Å². The Bertz CT molecular complexity index is 1890. The largest absolute Gasteiger partial charge is 0.392 e. The maximum atomic E-state index is 13.9. The zero-order valence-electron chi connectivity index (χ0n) is 32.7. The van der Waals surface area contributed by atoms with E-state index < -0.39 is 6.29 Å². The molecular formula is C47H57N3O5. The fourth-order valence-corrected chi connectivity index (χ4v) is 8.91. The van der Waals surface area contributed by atoms with E-state index in [-0.39, 0.29) is 48.1 Å². The third-order valence-electron chi connectivity index (χ3n) is 11.8. The lowest BCUT2D eigenvalue weighted by atomic mass is 9.75. The Morgan fingerprint density at radius 2 is 1.49 bits per heavy atom. The van der Waals surface area contributed by atoms with Crippen molar-refractivity contribution in [1.82, 2.24) is 15.5 Å². The van der Waals surface area contributed by atoms with Crippen molar-refractivity contribution >= 4 is 11.8 Å². The van der Waals surface area contributed by atoms with E-state index in [1.165, 1.54) is 19.3 Å². The summed E-state index contributed by atoms with van der Waals surface area (Å²) in [5, 5.41) is 16.1. The molecule has 3 aliphatic rings. The van der Waals surface area contributed by atoms with E-state index in [1.54, 1.807) is 0 Å². The van der Waals surface area contributed by atoms with E-state index in [0.29, 0.717) is 30.6 Å². The lowest BCUT2D eigenvalue weighted by molar-refractivity contribution is -0.278. The van der Waals surface area contributed by atoms with Crippen LogP contribution in [0.3, 0.4) is 0 Å². The van der Waals surface area contributed by atoms with Crippen molar-refractivity contribution in [3.8, 4) is 11.1 Å². The summed E-state index contributed by atoms with van der Waals surface area (Å²) in [4.78, 5) is 29.2. The Kier molecular flexibility index (Phi) is 12.2. The second-order valence-corrected chi connectivity index (χ2v) is 16.8. The average Bonchev–Trinajstić information content (AvgIpc) is 3.20. The molecule has 0 radical (unpaired) electrons. The summed E-state index contributed by atoms with van der Waals surface area (Å²) in [6.45, 7) is 9.40. The molecule has 0 bridgehead atoms. The van der Waals surface area contributed by atoms with E-state index in [0.717, 1.165) is 52.6 Å². The van der Waals surface area contributed by atoms with Crippen LogP contribution in [0, 0.1) is 11.8 Å². The highest BCUT2D eigenvalue weighted by molar-refractivity contribution is 5.94. The molecule has 3 N–H and O–H groups in total. The van der Waals surface area contributed by atoms with E-state index in [9.17, 15) is 14.7 Å². The first kappa shape index (κ1) is 38.9. The van der Waals surface area contributed by atoms with Crippen molar-refractivity contribution in [2.75, 3.05) is 6.54 Å². The number of aliphatic hydroxyl groups is 1. The second kappa shape index (κ2) is 17.2. The van der Waals surface area contributed by atoms with Gasteiger partial charge in [-0.2, -0.15) is 0 Å². The molecule has 7 atom stereocenters. The molecule has 2 heterocycles. The van der Waals surface area contributed by atoms with Crippen LogP contribution in [0.5, 0.6) is 0 Å². The molecule has 2 aliphatic heterocycles. The lowest BCUT2D eigenvalue weighted by Crippen LogP contribution is -2.61. The van der Waals surface area contributed by atoms with Gasteiger partial charge in [-0.3, -0.25) is 14.5 Å². The minimum atomic E-state index is -0.619. The maximum Gasteiger partial charge on any atom is 0.251 e. The maximum absolute atomic E-state index is 13.9. The minimum absolute atomic E-state index is 0.00349. The van der Waals surface area contributed by atoms with Crippen LogP contribution in [-0.4, -0.2) is 52.1 Å². The molecule has 7 rings (SSSR count). The zero-order chi connectivity index (χ0) is 38.5. The number of likely N-dealkylation sites (tertiary alicyclic amines) is 1. The van der Waals surface area contributed by atoms with Gasteiger partial charge in [-0.15, -0.1) is 0 Å². The highest BCUT2D eigenvalue weighted by atomic mass is 16.7. The van der Waals surface area contributed by atoms with Crippen LogP contribution < -0.4 is 10.6 Å². The molecule has 55 heavy (non-hydrogen) atoms. The monoisotopic (exact) mass is 743 g/mol. The van der Waals surface area contributed by atoms with Crippen LogP contribution in [0.15, 0.2) is 103 Å². The van der Waals surface area contributed by atoms with E-state index >= 15 is 0 Å². The highest BCUT2D eigenvalue weighted by Gasteiger charge is 2.46. The third kappa shape index (κ3) is 9.21. The molecule has 0 spiro atoms. The lowest BCUT2D eigenvalue weighted by Gasteiger charge is -2.51. The zero-order valence-corrected chi connectivity index (χ0v) is 32.7. The van der Waals surface area contributed by atoms with Gasteiger partial charge in [-0.05, 0) is 92.3 Å². The Labute approximate surface area is 326 Å². The van der Waals surface area contributed by atoms with Gasteiger partial charge in [-0.25, -0.2) is 0 Å². The fourth-order valence-electron chi connectivity index (χ4n) is 8.91. The standard InChI is InChI=1S/C47H57N3O5/c1-31-42(29-50-40-17-11-9-12-34(40)26-27-41(50)45(53)49-47(2,3)4)54-46(55-43(31)35-20-18-32(30-51)19-21-35)37-24-22-33(23-25-37)39-16-10-8-15-38(39)28-48-44(52)36-13-6-5-7-14-36/h5-8,10,13-16,18-25,31,34,40-43,46,51H,9,11-12,17,26-30H2,1-4H3,(H,48,52)(H,49,53)/t31-,34+,40+,41+,42+,43+,46+/m0/s1. The first-order chi connectivity index (χ1) is 26.6. The molecule has 2 saturated heterocycles. The number of carbonyl (C=O) groups excluding carboxylic acids is 2. The van der Waals surface area contributed by atoms with Gasteiger partial charge in [0.1, 0.15) is 0 Å². The molecule has 8 heteroatoms. The summed E-state index contributed by atoms with van der Waals surface area (Å²) in [7, 11) is 0. The first-order valence-corrected chi connectivity index (χ1v) is 20.2. The number of hydrogen-bond donors (Lipinski definition) is 3. The summed E-state index contributed by atoms with van der Waals surface area (Å²) < 4.78 is 13.8. The molecule has 4 aromatic carbocycles. The Hall–Kier alpha value is -4.34. The molecular weight excluding hydrogens is 687 g/mol. The molecule has 1 aliphatic carbocycles. The Morgan fingerprint density at radius 1 is 0.800 bits per heavy atom. The number of amides is 2. The predicted molar refractivity (Wildman–Crippen MR) is 216 cm³/mol. The summed E-state index contributed by atoms with van der Waals surface area (Å²) in [6.07, 6.45) is 5.65. The van der Waals surface area contributed by atoms with Crippen molar-refractivity contribution in [2.45, 2.75) is 115 Å². The smallest absolute Gasteiger partial charge is 0.251 e. The number of fused-ring (bicyclic) bond motifs is 1. The molecule has 4 aromatic rings. The molecule has 0 unspecified atom stereocenters. The molecule has 290 valence electrons. The van der Waals surface area contributed by atoms with Gasteiger partial charge in [0.15, 0.2) is 6.29 Å². The molecule has 0 aromatic heterocycles. The summed E-state index contributed by atoms with van der Waals surface area (Å²) in [5.74, 6) is 0.608. The summed E-state index contributed by atoms with van der Waals surface area (Å²) in [5.41, 5.74) is 6.26. The number of aliphatic hydroxyl groups excluding tert-OH is 1. The predicted octanol–water partition coefficient (Wildman–Crippen LogP) is 8.51. The topological polar surface area (TPSA) is 100 Å². The van der Waals surface area contributed by atoms with Gasteiger partial charge in [0.2, 0.25) is 5.91 Å². The molecule has 1 saturated carbocycles. The molecule has 3 fully saturated rings. The van der Waals surface area contributed by atoms with Crippen molar-refractivity contribution < 1.29 is 24.2 Å². The van der Waals surface area contributed by atoms with E-state index in [2.05, 4.69) is 85.7 Å². The van der Waals surface area contributed by atoms with Gasteiger partial charge in [0, 0.05) is 41.7 Å². The number of rotatable bonds is 10. The highest BCUT2D eigenvalue weighted by Crippen LogP contribution is 2.44. The number of nitrogens with zero attached hydrogens (tertiary/aromatic N) is 1. The number of benzene rings is 4. The van der Waals surface area contributed by atoms with Crippen LogP contribution in [0.4, 0.5) is 0 Å². The van der Waals surface area contributed by atoms with E-state index in [1.807, 2.05) is 60.7 Å². The first-order valence-electron chi connectivity index (χ1n) is 20.2. The number of nitrogens with one attached hydrogen (secondary N) is 2. The van der Waals surface area contributed by atoms with Gasteiger partial charge < -0.3 is 25.2 Å². The molecule has 2 amide bonds. The van der Waals surface area contributed by atoms with Crippen molar-refractivity contribution in [1.29, 1.82) is 0 Å². The Morgan fingerprint density at radius 3 is 2.22 bits per heavy atom. The fraction of sp³-hybridized carbons (Fsp3) is 0.447. The number of carbonyl (C=O) groups is 2. The quantitative estimate of drug-likeness (QED) is 0.151. The van der Waals surface area contributed by atoms with Gasteiger partial charge in [0.05, 0.1) is 24.9 Å². The number of hydrogen-bond acceptors (Lipinski definition) is 6. The molecule has 8 nitrogen and oxygen atoms in total. The van der Waals surface area contributed by atoms with Crippen molar-refractivity contribution in [2.24, 2.45) is 11.8 Å². The minimum Gasteiger partial charge on any atom is -0.392 e. The number of piperidine rings is 1. The van der Waals surface area contributed by atoms with Gasteiger partial charge in [0.25, 0.3) is 5.91 Å². The Balaban J connectivity index is 1.15. The van der Waals surface area contributed by atoms with Crippen LogP contribution in [0.1, 0.15) is 111 Å². The van der Waals surface area contributed by atoms with E-state index in [4.69, 9.17) is 9.47 Å². The number of ether oxygens (including phenoxy) is 2. The third-order valence-corrected chi connectivity index (χ3v) is 11.8. The summed E-state index contributed by atoms with van der Waals surface area (Å²) in [6, 6.07) is 34.0. The van der Waals surface area contributed by atoms with Crippen LogP contribution in [0.25, 0.3) is 11.1 Å². The van der Waals surface area contributed by atoms with Gasteiger partial charge in [-0.1, -0.05) is 111 Å². The second-order valence-electron chi connectivity index (χ2n) is 16.8. The average molecular weight is 744 g/mol. The summed E-state index contributed by atoms with van der Waals surface area (Å²) >= 11 is 0. The normalized spacial score (nSPS) is 25.8. The van der Waals surface area contributed by atoms with Crippen LogP contribution >= 0.6 is 0 Å². The van der Waals surface area contributed by atoms with Crippen LogP contribution in [0.2, 0.25) is 0 Å². The van der Waals surface area contributed by atoms with Gasteiger partial charge >= 0.3 is 0 Å².